The first-order valence-electron chi connectivity index (χ1n) is 9.38. The zero-order chi connectivity index (χ0) is 22.4. The third kappa shape index (κ3) is 5.98. The van der Waals surface area contributed by atoms with Crippen LogP contribution in [0, 0.1) is 0 Å². The van der Waals surface area contributed by atoms with E-state index in [0.717, 1.165) is 18.9 Å². The number of ether oxygens (including phenoxy) is 2. The molecule has 0 radical (unpaired) electrons. The fraction of sp³-hybridized carbons (Fsp3) is 0.300. The normalized spacial score (nSPS) is 14.4. The van der Waals surface area contributed by atoms with Gasteiger partial charge in [-0.15, -0.1) is 0 Å². The van der Waals surface area contributed by atoms with Crippen molar-refractivity contribution in [2.75, 3.05) is 25.0 Å². The molecule has 1 aliphatic rings. The summed E-state index contributed by atoms with van der Waals surface area (Å²) >= 11 is 0. The number of benzene rings is 2. The Hall–Kier alpha value is -3.05. The number of sulfonamides is 1. The molecule has 1 heterocycles. The number of carbonyl (C=O) groups is 2. The quantitative estimate of drug-likeness (QED) is 0.616. The molecule has 0 bridgehead atoms. The van der Waals surface area contributed by atoms with Gasteiger partial charge in [0.1, 0.15) is 5.75 Å². The second-order valence-electron chi connectivity index (χ2n) is 6.67. The SMILES string of the molecule is O=C(COC(=O)c1cccc(OC(F)F)c1)Nc1ccc(S(=O)(=O)N2CCCC2)cc1. The summed E-state index contributed by atoms with van der Waals surface area (Å²) in [7, 11) is -3.55. The lowest BCUT2D eigenvalue weighted by Crippen LogP contribution is -2.27. The topological polar surface area (TPSA) is 102 Å². The van der Waals surface area contributed by atoms with Gasteiger partial charge < -0.3 is 14.8 Å². The zero-order valence-corrected chi connectivity index (χ0v) is 17.1. The summed E-state index contributed by atoms with van der Waals surface area (Å²) in [6.45, 7) is -2.67. The average Bonchev–Trinajstić information content (AvgIpc) is 3.28. The van der Waals surface area contributed by atoms with Crippen LogP contribution >= 0.6 is 0 Å². The van der Waals surface area contributed by atoms with Crippen LogP contribution in [-0.2, 0) is 19.6 Å². The van der Waals surface area contributed by atoms with Gasteiger partial charge in [0.25, 0.3) is 5.91 Å². The van der Waals surface area contributed by atoms with Gasteiger partial charge in [0, 0.05) is 18.8 Å². The van der Waals surface area contributed by atoms with Gasteiger partial charge in [-0.2, -0.15) is 13.1 Å². The molecule has 1 fully saturated rings. The molecule has 0 spiro atoms. The number of anilines is 1. The smallest absolute Gasteiger partial charge is 0.387 e. The van der Waals surface area contributed by atoms with Gasteiger partial charge in [-0.25, -0.2) is 13.2 Å². The molecule has 2 aromatic carbocycles. The first kappa shape index (κ1) is 22.6. The third-order valence-corrected chi connectivity index (χ3v) is 6.38. The molecule has 0 atom stereocenters. The second-order valence-corrected chi connectivity index (χ2v) is 8.60. The van der Waals surface area contributed by atoms with Crippen LogP contribution in [0.1, 0.15) is 23.2 Å². The van der Waals surface area contributed by atoms with Crippen molar-refractivity contribution in [1.82, 2.24) is 4.31 Å². The summed E-state index contributed by atoms with van der Waals surface area (Å²) in [5.41, 5.74) is 0.274. The molecule has 0 unspecified atom stereocenters. The van der Waals surface area contributed by atoms with Gasteiger partial charge >= 0.3 is 12.6 Å². The van der Waals surface area contributed by atoms with E-state index in [1.165, 1.54) is 46.8 Å². The van der Waals surface area contributed by atoms with E-state index in [0.29, 0.717) is 18.8 Å². The molecule has 166 valence electrons. The van der Waals surface area contributed by atoms with E-state index in [1.807, 2.05) is 0 Å². The molecular weight excluding hydrogens is 434 g/mol. The van der Waals surface area contributed by atoms with Crippen molar-refractivity contribution in [3.8, 4) is 5.75 Å². The first-order valence-corrected chi connectivity index (χ1v) is 10.8. The maximum absolute atomic E-state index is 12.5. The van der Waals surface area contributed by atoms with Crippen LogP contribution in [0.3, 0.4) is 0 Å². The van der Waals surface area contributed by atoms with E-state index < -0.39 is 35.1 Å². The van der Waals surface area contributed by atoms with Crippen molar-refractivity contribution in [3.05, 3.63) is 54.1 Å². The Morgan fingerprint density at radius 1 is 1.06 bits per heavy atom. The van der Waals surface area contributed by atoms with Crippen LogP contribution in [0.25, 0.3) is 0 Å². The Labute approximate surface area is 177 Å². The van der Waals surface area contributed by atoms with Crippen LogP contribution in [0.5, 0.6) is 5.75 Å². The number of nitrogens with zero attached hydrogens (tertiary/aromatic N) is 1. The highest BCUT2D eigenvalue weighted by molar-refractivity contribution is 7.89. The number of nitrogens with one attached hydrogen (secondary N) is 1. The highest BCUT2D eigenvalue weighted by Gasteiger charge is 2.27. The van der Waals surface area contributed by atoms with Gasteiger partial charge in [0.05, 0.1) is 10.5 Å². The summed E-state index contributed by atoms with van der Waals surface area (Å²) in [6.07, 6.45) is 1.66. The fourth-order valence-corrected chi connectivity index (χ4v) is 4.52. The van der Waals surface area contributed by atoms with Gasteiger partial charge in [-0.1, -0.05) is 6.07 Å². The van der Waals surface area contributed by atoms with Crippen molar-refractivity contribution < 1.29 is 36.3 Å². The predicted octanol–water partition coefficient (Wildman–Crippen LogP) is 2.87. The largest absolute Gasteiger partial charge is 0.452 e. The Morgan fingerprint density at radius 3 is 2.39 bits per heavy atom. The summed E-state index contributed by atoms with van der Waals surface area (Å²) in [4.78, 5) is 24.1. The minimum absolute atomic E-state index is 0.0533. The maximum atomic E-state index is 12.5. The Balaban J connectivity index is 1.53. The van der Waals surface area contributed by atoms with Crippen LogP contribution in [0.2, 0.25) is 0 Å². The predicted molar refractivity (Wildman–Crippen MR) is 106 cm³/mol. The highest BCUT2D eigenvalue weighted by Crippen LogP contribution is 2.22. The maximum Gasteiger partial charge on any atom is 0.387 e. The van der Waals surface area contributed by atoms with Crippen LogP contribution < -0.4 is 10.1 Å². The Bertz CT molecular complexity index is 1040. The average molecular weight is 454 g/mol. The zero-order valence-electron chi connectivity index (χ0n) is 16.3. The number of amides is 1. The number of halogens is 2. The third-order valence-electron chi connectivity index (χ3n) is 4.47. The first-order chi connectivity index (χ1) is 14.8. The lowest BCUT2D eigenvalue weighted by atomic mass is 10.2. The molecule has 0 saturated carbocycles. The van der Waals surface area contributed by atoms with Gasteiger partial charge in [-0.3, -0.25) is 4.79 Å². The van der Waals surface area contributed by atoms with Crippen LogP contribution in [0.15, 0.2) is 53.4 Å². The molecule has 1 N–H and O–H groups in total. The van der Waals surface area contributed by atoms with E-state index in [1.54, 1.807) is 0 Å². The highest BCUT2D eigenvalue weighted by atomic mass is 32.2. The molecule has 8 nitrogen and oxygen atoms in total. The molecule has 31 heavy (non-hydrogen) atoms. The summed E-state index contributed by atoms with van der Waals surface area (Å²) in [6, 6.07) is 10.7. The van der Waals surface area contributed by atoms with E-state index in [4.69, 9.17) is 4.74 Å². The molecule has 1 aliphatic heterocycles. The van der Waals surface area contributed by atoms with Crippen LogP contribution in [-0.4, -0.2) is 50.9 Å². The van der Waals surface area contributed by atoms with Crippen molar-refractivity contribution in [2.24, 2.45) is 0 Å². The number of hydrogen-bond acceptors (Lipinski definition) is 6. The van der Waals surface area contributed by atoms with Gasteiger partial charge in [0.2, 0.25) is 10.0 Å². The Morgan fingerprint density at radius 2 is 1.74 bits per heavy atom. The second kappa shape index (κ2) is 9.84. The lowest BCUT2D eigenvalue weighted by molar-refractivity contribution is -0.119. The van der Waals surface area contributed by atoms with E-state index in [2.05, 4.69) is 10.1 Å². The van der Waals surface area contributed by atoms with Gasteiger partial charge in [0.15, 0.2) is 6.61 Å². The molecule has 1 saturated heterocycles. The summed E-state index contributed by atoms with van der Waals surface area (Å²) < 4.78 is 60.0. The molecule has 0 aromatic heterocycles. The van der Waals surface area contributed by atoms with Crippen molar-refractivity contribution in [2.45, 2.75) is 24.3 Å². The monoisotopic (exact) mass is 454 g/mol. The number of rotatable bonds is 8. The summed E-state index contributed by atoms with van der Waals surface area (Å²) in [5, 5.41) is 2.49. The van der Waals surface area contributed by atoms with E-state index in [9.17, 15) is 26.8 Å². The number of carbonyl (C=O) groups excluding carboxylic acids is 2. The number of esters is 1. The van der Waals surface area contributed by atoms with Crippen LogP contribution in [0.4, 0.5) is 14.5 Å². The summed E-state index contributed by atoms with van der Waals surface area (Å²) in [5.74, 6) is -1.75. The Kier molecular flexibility index (Phi) is 7.18. The van der Waals surface area contributed by atoms with Gasteiger partial charge in [-0.05, 0) is 55.3 Å². The van der Waals surface area contributed by atoms with Crippen molar-refractivity contribution in [1.29, 1.82) is 0 Å². The molecule has 11 heteroatoms. The molecule has 1 amide bonds. The van der Waals surface area contributed by atoms with Crippen molar-refractivity contribution in [3.63, 3.8) is 0 Å². The molecule has 2 aromatic rings. The number of alkyl halides is 2. The minimum Gasteiger partial charge on any atom is -0.452 e. The lowest BCUT2D eigenvalue weighted by Gasteiger charge is -2.15. The standard InChI is InChI=1S/C20H20F2N2O6S/c21-20(22)30-16-5-3-4-14(12-16)19(26)29-13-18(25)23-15-6-8-17(9-7-15)31(27,28)24-10-1-2-11-24/h3-9,12,20H,1-2,10-11,13H2,(H,23,25). The number of hydrogen-bond donors (Lipinski definition) is 1. The van der Waals surface area contributed by atoms with E-state index in [-0.39, 0.29) is 16.2 Å². The molecule has 3 rings (SSSR count). The fourth-order valence-electron chi connectivity index (χ4n) is 3.00. The van der Waals surface area contributed by atoms with E-state index >= 15 is 0 Å². The van der Waals surface area contributed by atoms with Crippen molar-refractivity contribution >= 4 is 27.6 Å². The molecular formula is C20H20F2N2O6S. The minimum atomic E-state index is -3.55. The molecule has 0 aliphatic carbocycles.